The maximum Gasteiger partial charge on any atom is 0.198 e. The van der Waals surface area contributed by atoms with Crippen molar-refractivity contribution in [2.24, 2.45) is 0 Å². The van der Waals surface area contributed by atoms with Crippen LogP contribution < -0.4 is 21.1 Å². The van der Waals surface area contributed by atoms with Crippen LogP contribution in [0.15, 0.2) is 156 Å². The lowest BCUT2D eigenvalue weighted by molar-refractivity contribution is 0.332. The quantitative estimate of drug-likeness (QED) is 0.178. The normalized spacial score (nSPS) is 16.2. The summed E-state index contributed by atoms with van der Waals surface area (Å²) in [5.74, 6) is 0. The van der Waals surface area contributed by atoms with Crippen LogP contribution in [0.4, 0.5) is 28.4 Å². The number of nitrogens with one attached hydrogen (secondary N) is 1. The van der Waals surface area contributed by atoms with Crippen molar-refractivity contribution >= 4 is 90.1 Å². The van der Waals surface area contributed by atoms with Crippen molar-refractivity contribution in [3.63, 3.8) is 0 Å². The number of anilines is 5. The Kier molecular flexibility index (Phi) is 9.06. The van der Waals surface area contributed by atoms with Gasteiger partial charge >= 0.3 is 0 Å². The second-order valence-electron chi connectivity index (χ2n) is 23.7. The Morgan fingerprint density at radius 1 is 0.529 bits per heavy atom. The van der Waals surface area contributed by atoms with Gasteiger partial charge in [0.25, 0.3) is 0 Å². The van der Waals surface area contributed by atoms with E-state index in [1.165, 1.54) is 129 Å². The van der Waals surface area contributed by atoms with Crippen LogP contribution in [0.2, 0.25) is 0 Å². The number of rotatable bonds is 4. The fourth-order valence-corrected chi connectivity index (χ4v) is 12.8. The molecule has 10 aromatic rings. The molecule has 344 valence electrons. The molecule has 0 saturated heterocycles. The van der Waals surface area contributed by atoms with Crippen molar-refractivity contribution in [1.29, 1.82) is 0 Å². The first-order chi connectivity index (χ1) is 33.5. The van der Waals surface area contributed by atoms with Crippen molar-refractivity contribution in [2.45, 2.75) is 104 Å². The molecule has 4 heteroatoms. The van der Waals surface area contributed by atoms with Crippen molar-refractivity contribution in [1.82, 2.24) is 0 Å². The van der Waals surface area contributed by atoms with Crippen molar-refractivity contribution in [3.05, 3.63) is 185 Å². The number of hydrogen-bond donors (Lipinski definition) is 1. The molecule has 1 aromatic heterocycles. The maximum absolute atomic E-state index is 7.02. The first-order valence-electron chi connectivity index (χ1n) is 25.5. The molecule has 0 amide bonds. The lowest BCUT2D eigenvalue weighted by Gasteiger charge is -2.41. The highest BCUT2D eigenvalue weighted by Gasteiger charge is 2.39. The molecule has 0 bridgehead atoms. The maximum atomic E-state index is 7.02. The molecule has 0 fully saturated rings. The standard InChI is InChI=1S/C66H61BN2O/c1-38-31-41(63(2,3)4)24-28-55(38)69-56-37-59-48(47-34-51-52(36-58(47)70-59)65(7,8)30-29-64(51,5)6)35-53(56)67-62-57(69)32-40-18-12-14-20-44(40)61(62)60-43-19-13-11-17-39(43)23-27-54(60)68-42-25-26-46-45-21-15-16-22-49(45)66(9,10)50(46)33-42/h11-28,31-37,67-68H,29-30H2,1-10H3. The predicted molar refractivity (Wildman–Crippen MR) is 301 cm³/mol. The van der Waals surface area contributed by atoms with Crippen molar-refractivity contribution in [3.8, 4) is 22.3 Å². The molecule has 70 heavy (non-hydrogen) atoms. The second-order valence-corrected chi connectivity index (χ2v) is 23.7. The van der Waals surface area contributed by atoms with Gasteiger partial charge in [-0.2, -0.15) is 0 Å². The lowest BCUT2D eigenvalue weighted by Crippen LogP contribution is -2.41. The van der Waals surface area contributed by atoms with E-state index in [0.29, 0.717) is 0 Å². The molecule has 13 rings (SSSR count). The second kappa shape index (κ2) is 14.7. The molecule has 2 aliphatic carbocycles. The van der Waals surface area contributed by atoms with E-state index < -0.39 is 0 Å². The largest absolute Gasteiger partial charge is 0.456 e. The van der Waals surface area contributed by atoms with Gasteiger partial charge in [-0.15, -0.1) is 0 Å². The van der Waals surface area contributed by atoms with Gasteiger partial charge in [0.05, 0.1) is 0 Å². The van der Waals surface area contributed by atoms with E-state index >= 15 is 0 Å². The van der Waals surface area contributed by atoms with Gasteiger partial charge in [-0.05, 0) is 156 Å². The van der Waals surface area contributed by atoms with Crippen LogP contribution in [0.3, 0.4) is 0 Å². The Bertz CT molecular complexity index is 3880. The number of hydrogen-bond acceptors (Lipinski definition) is 3. The molecule has 1 N–H and O–H groups in total. The topological polar surface area (TPSA) is 28.4 Å². The van der Waals surface area contributed by atoms with Crippen molar-refractivity contribution < 1.29 is 4.42 Å². The fraction of sp³-hybridized carbons (Fsp3) is 0.242. The van der Waals surface area contributed by atoms with Crippen LogP contribution in [0, 0.1) is 6.92 Å². The van der Waals surface area contributed by atoms with Crippen LogP contribution >= 0.6 is 0 Å². The molecule has 0 spiro atoms. The van der Waals surface area contributed by atoms with Gasteiger partial charge in [0.15, 0.2) is 7.28 Å². The van der Waals surface area contributed by atoms with E-state index in [1.807, 2.05) is 0 Å². The summed E-state index contributed by atoms with van der Waals surface area (Å²) in [5.41, 5.74) is 23.7. The Labute approximate surface area is 413 Å². The lowest BCUT2D eigenvalue weighted by atomic mass is 9.57. The summed E-state index contributed by atoms with van der Waals surface area (Å²) in [6.07, 6.45) is 2.34. The number of furan rings is 1. The Hall–Kier alpha value is -7.04. The third kappa shape index (κ3) is 6.34. The fourth-order valence-electron chi connectivity index (χ4n) is 12.8. The number of aryl methyl sites for hydroxylation is 1. The predicted octanol–water partition coefficient (Wildman–Crippen LogP) is 16.7. The molecule has 0 radical (unpaired) electrons. The van der Waals surface area contributed by atoms with Gasteiger partial charge < -0.3 is 14.6 Å². The molecule has 0 saturated carbocycles. The Balaban J connectivity index is 1.07. The molecule has 9 aromatic carbocycles. The van der Waals surface area contributed by atoms with Gasteiger partial charge in [0.1, 0.15) is 11.2 Å². The minimum absolute atomic E-state index is 0.0173. The first-order valence-corrected chi connectivity index (χ1v) is 25.5. The Morgan fingerprint density at radius 3 is 1.94 bits per heavy atom. The minimum Gasteiger partial charge on any atom is -0.456 e. The third-order valence-electron chi connectivity index (χ3n) is 17.0. The minimum atomic E-state index is -0.109. The SMILES string of the molecule is Cc1cc(C(C)(C)C)ccc1N1c2cc3oc4cc5c(cc4c3cc2Bc2c1cc1ccccc1c2-c1c(Nc2ccc3c(c2)C(C)(C)c2ccccc2-3)ccc2ccccc12)C(C)(C)CCC5(C)C. The van der Waals surface area contributed by atoms with Gasteiger partial charge in [-0.1, -0.05) is 171 Å². The van der Waals surface area contributed by atoms with E-state index in [1.54, 1.807) is 0 Å². The van der Waals surface area contributed by atoms with Gasteiger partial charge in [-0.3, -0.25) is 0 Å². The van der Waals surface area contributed by atoms with Crippen LogP contribution in [-0.4, -0.2) is 7.28 Å². The van der Waals surface area contributed by atoms with E-state index in [4.69, 9.17) is 4.42 Å². The van der Waals surface area contributed by atoms with Crippen molar-refractivity contribution in [2.75, 3.05) is 10.2 Å². The van der Waals surface area contributed by atoms with E-state index in [9.17, 15) is 0 Å². The van der Waals surface area contributed by atoms with E-state index in [2.05, 4.69) is 231 Å². The number of benzene rings is 9. The highest BCUT2D eigenvalue weighted by atomic mass is 16.3. The van der Waals surface area contributed by atoms with Gasteiger partial charge in [-0.25, -0.2) is 0 Å². The Morgan fingerprint density at radius 2 is 1.19 bits per heavy atom. The molecule has 3 aliphatic rings. The monoisotopic (exact) mass is 908 g/mol. The third-order valence-corrected chi connectivity index (χ3v) is 17.0. The summed E-state index contributed by atoms with van der Waals surface area (Å²) in [6.45, 7) is 23.6. The summed E-state index contributed by atoms with van der Waals surface area (Å²) in [6, 6.07) is 57.8. The zero-order valence-electron chi connectivity index (χ0n) is 42.4. The number of fused-ring (bicyclic) bond motifs is 11. The molecule has 3 nitrogen and oxygen atoms in total. The molecule has 1 aliphatic heterocycles. The van der Waals surface area contributed by atoms with Crippen LogP contribution in [0.5, 0.6) is 0 Å². The number of nitrogens with zero attached hydrogens (tertiary/aromatic N) is 1. The van der Waals surface area contributed by atoms with Crippen LogP contribution in [0.1, 0.15) is 109 Å². The van der Waals surface area contributed by atoms with Gasteiger partial charge in [0.2, 0.25) is 0 Å². The molecule has 0 unspecified atom stereocenters. The molecule has 0 atom stereocenters. The molecular weight excluding hydrogens is 848 g/mol. The van der Waals surface area contributed by atoms with Crippen LogP contribution in [0.25, 0.3) is 65.7 Å². The summed E-state index contributed by atoms with van der Waals surface area (Å²) >= 11 is 0. The average molecular weight is 909 g/mol. The zero-order valence-corrected chi connectivity index (χ0v) is 42.4. The van der Waals surface area contributed by atoms with Crippen LogP contribution in [-0.2, 0) is 21.7 Å². The summed E-state index contributed by atoms with van der Waals surface area (Å²) in [5, 5.41) is 11.4. The summed E-state index contributed by atoms with van der Waals surface area (Å²) < 4.78 is 7.02. The highest BCUT2D eigenvalue weighted by Crippen LogP contribution is 2.52. The summed E-state index contributed by atoms with van der Waals surface area (Å²) in [7, 11) is 0.764. The molecular formula is C66H61BN2O. The summed E-state index contributed by atoms with van der Waals surface area (Å²) in [4.78, 5) is 2.56. The highest BCUT2D eigenvalue weighted by molar-refractivity contribution is 6.74. The average Bonchev–Trinajstić information content (AvgIpc) is 3.80. The van der Waals surface area contributed by atoms with E-state index in [0.717, 1.165) is 29.8 Å². The van der Waals surface area contributed by atoms with Gasteiger partial charge in [0, 0.05) is 56.3 Å². The zero-order chi connectivity index (χ0) is 48.2. The smallest absolute Gasteiger partial charge is 0.198 e. The molecule has 2 heterocycles. The van der Waals surface area contributed by atoms with E-state index in [-0.39, 0.29) is 21.7 Å². The first kappa shape index (κ1) is 43.0.